The fourth-order valence-electron chi connectivity index (χ4n) is 3.90. The number of carbonyl (C=O) groups is 1. The van der Waals surface area contributed by atoms with E-state index in [-0.39, 0.29) is 40.7 Å². The number of rotatable bonds is 4. The summed E-state index contributed by atoms with van der Waals surface area (Å²) >= 11 is 0. The zero-order valence-corrected chi connectivity index (χ0v) is 16.6. The number of aliphatic hydroxyl groups is 1. The standard InChI is InChI=1S/C24H19F3O5/c25-24(26,27)16-6-8-17(23(30)31)19(11-16)13-5-7-18-21(10-13)32-12-15(22(18)29)9-14-3-1-2-4-20(14)28/h1-8,10-11,15,22,28-29H,9,12H2,(H,30,31)/t15-,22+/m0/s1. The van der Waals surface area contributed by atoms with E-state index >= 15 is 0 Å². The minimum atomic E-state index is -4.62. The number of phenolic OH excluding ortho intramolecular Hbond substituents is 1. The van der Waals surface area contributed by atoms with Crippen molar-refractivity contribution >= 4 is 5.97 Å². The maximum atomic E-state index is 13.2. The number of aromatic hydroxyl groups is 1. The largest absolute Gasteiger partial charge is 0.508 e. The lowest BCUT2D eigenvalue weighted by Gasteiger charge is -2.31. The summed E-state index contributed by atoms with van der Waals surface area (Å²) in [6, 6.07) is 13.7. The molecule has 4 rings (SSSR count). The van der Waals surface area contributed by atoms with Gasteiger partial charge in [-0.1, -0.05) is 30.3 Å². The zero-order chi connectivity index (χ0) is 23.0. The molecule has 0 bridgehead atoms. The number of carboxylic acids is 1. The van der Waals surface area contributed by atoms with Crippen LogP contribution in [0.1, 0.15) is 33.2 Å². The van der Waals surface area contributed by atoms with Crippen molar-refractivity contribution in [3.8, 4) is 22.6 Å². The lowest BCUT2D eigenvalue weighted by atomic mass is 9.86. The second-order valence-corrected chi connectivity index (χ2v) is 7.66. The molecule has 3 aromatic carbocycles. The highest BCUT2D eigenvalue weighted by Crippen LogP contribution is 2.41. The summed E-state index contributed by atoms with van der Waals surface area (Å²) in [5.74, 6) is -1.30. The molecule has 0 radical (unpaired) electrons. The number of para-hydroxylation sites is 1. The minimum Gasteiger partial charge on any atom is -0.508 e. The van der Waals surface area contributed by atoms with Crippen LogP contribution in [0.5, 0.6) is 11.5 Å². The normalized spacial score (nSPS) is 18.0. The van der Waals surface area contributed by atoms with Crippen molar-refractivity contribution in [2.75, 3.05) is 6.61 Å². The minimum absolute atomic E-state index is 0.0930. The highest BCUT2D eigenvalue weighted by Gasteiger charge is 2.33. The molecule has 5 nitrogen and oxygen atoms in total. The van der Waals surface area contributed by atoms with E-state index in [4.69, 9.17) is 4.74 Å². The molecule has 3 N–H and O–H groups in total. The number of carboxylic acid groups (broad SMARTS) is 1. The number of alkyl halides is 3. The second kappa shape index (κ2) is 8.20. The fourth-order valence-corrected chi connectivity index (χ4v) is 3.90. The van der Waals surface area contributed by atoms with Crippen LogP contribution < -0.4 is 4.74 Å². The van der Waals surface area contributed by atoms with E-state index in [1.54, 1.807) is 24.3 Å². The number of phenols is 1. The third-order valence-corrected chi connectivity index (χ3v) is 5.59. The number of aromatic carboxylic acids is 1. The Morgan fingerprint density at radius 3 is 2.50 bits per heavy atom. The highest BCUT2D eigenvalue weighted by molar-refractivity contribution is 5.96. The molecule has 1 aliphatic rings. The quantitative estimate of drug-likeness (QED) is 0.524. The molecule has 1 heterocycles. The molecule has 0 aliphatic carbocycles. The number of halogens is 3. The number of aliphatic hydroxyl groups excluding tert-OH is 1. The van der Waals surface area contributed by atoms with Gasteiger partial charge in [-0.25, -0.2) is 4.79 Å². The Balaban J connectivity index is 1.68. The summed E-state index contributed by atoms with van der Waals surface area (Å²) in [5.41, 5.74) is 0.0216. The van der Waals surface area contributed by atoms with Crippen molar-refractivity contribution in [2.45, 2.75) is 18.7 Å². The van der Waals surface area contributed by atoms with Crippen LogP contribution in [0.15, 0.2) is 60.7 Å². The number of hydrogen-bond acceptors (Lipinski definition) is 4. The summed E-state index contributed by atoms with van der Waals surface area (Å²) < 4.78 is 45.3. The molecule has 3 aromatic rings. The molecular weight excluding hydrogens is 425 g/mol. The van der Waals surface area contributed by atoms with Gasteiger partial charge >= 0.3 is 12.1 Å². The van der Waals surface area contributed by atoms with Gasteiger partial charge in [0, 0.05) is 11.5 Å². The summed E-state index contributed by atoms with van der Waals surface area (Å²) in [6.07, 6.45) is -5.18. The molecule has 0 aromatic heterocycles. The third kappa shape index (κ3) is 4.13. The van der Waals surface area contributed by atoms with Gasteiger partial charge in [-0.2, -0.15) is 13.2 Å². The van der Waals surface area contributed by atoms with Crippen LogP contribution in [0, 0.1) is 5.92 Å². The van der Waals surface area contributed by atoms with Gasteiger partial charge in [0.25, 0.3) is 0 Å². The predicted molar refractivity (Wildman–Crippen MR) is 110 cm³/mol. The molecule has 0 spiro atoms. The van der Waals surface area contributed by atoms with Gasteiger partial charge in [0.05, 0.1) is 23.8 Å². The van der Waals surface area contributed by atoms with E-state index in [9.17, 15) is 33.3 Å². The van der Waals surface area contributed by atoms with E-state index in [0.717, 1.165) is 18.2 Å². The van der Waals surface area contributed by atoms with E-state index < -0.39 is 23.8 Å². The topological polar surface area (TPSA) is 87.0 Å². The first-order valence-corrected chi connectivity index (χ1v) is 9.81. The van der Waals surface area contributed by atoms with Gasteiger partial charge < -0.3 is 20.1 Å². The Labute approximate surface area is 181 Å². The molecule has 0 amide bonds. The van der Waals surface area contributed by atoms with E-state index in [0.29, 0.717) is 17.5 Å². The van der Waals surface area contributed by atoms with Gasteiger partial charge in [-0.3, -0.25) is 0 Å². The van der Waals surface area contributed by atoms with Crippen LogP contribution in [0.3, 0.4) is 0 Å². The first-order valence-electron chi connectivity index (χ1n) is 9.81. The molecule has 32 heavy (non-hydrogen) atoms. The Morgan fingerprint density at radius 2 is 1.81 bits per heavy atom. The molecule has 8 heteroatoms. The molecule has 0 saturated heterocycles. The number of ether oxygens (including phenoxy) is 1. The van der Waals surface area contributed by atoms with Gasteiger partial charge in [0.2, 0.25) is 0 Å². The van der Waals surface area contributed by atoms with Crippen molar-refractivity contribution in [3.05, 3.63) is 82.9 Å². The van der Waals surface area contributed by atoms with Crippen LogP contribution in [-0.4, -0.2) is 27.9 Å². The van der Waals surface area contributed by atoms with Crippen molar-refractivity contribution in [1.29, 1.82) is 0 Å². The summed E-state index contributed by atoms with van der Waals surface area (Å²) in [6.45, 7) is 0.125. The van der Waals surface area contributed by atoms with Crippen molar-refractivity contribution in [1.82, 2.24) is 0 Å². The van der Waals surface area contributed by atoms with E-state index in [1.807, 2.05) is 0 Å². The van der Waals surface area contributed by atoms with Crippen molar-refractivity contribution in [3.63, 3.8) is 0 Å². The van der Waals surface area contributed by atoms with E-state index in [1.165, 1.54) is 18.2 Å². The Bertz CT molecular complexity index is 1170. The average molecular weight is 444 g/mol. The first-order chi connectivity index (χ1) is 15.1. The lowest BCUT2D eigenvalue weighted by Crippen LogP contribution is -2.27. The Kier molecular flexibility index (Phi) is 5.56. The highest BCUT2D eigenvalue weighted by atomic mass is 19.4. The smallest absolute Gasteiger partial charge is 0.416 e. The van der Waals surface area contributed by atoms with Crippen LogP contribution in [0.25, 0.3) is 11.1 Å². The first kappa shape index (κ1) is 21.7. The predicted octanol–water partition coefficient (Wildman–Crippen LogP) is 5.06. The van der Waals surface area contributed by atoms with Gasteiger partial charge in [-0.05, 0) is 53.4 Å². The van der Waals surface area contributed by atoms with Crippen LogP contribution >= 0.6 is 0 Å². The Morgan fingerprint density at radius 1 is 1.06 bits per heavy atom. The molecule has 0 unspecified atom stereocenters. The van der Waals surface area contributed by atoms with Crippen molar-refractivity contribution in [2.24, 2.45) is 5.92 Å². The summed E-state index contributed by atoms with van der Waals surface area (Å²) in [5, 5.41) is 30.2. The third-order valence-electron chi connectivity index (χ3n) is 5.59. The van der Waals surface area contributed by atoms with Crippen LogP contribution in [-0.2, 0) is 12.6 Å². The van der Waals surface area contributed by atoms with Crippen molar-refractivity contribution < 1.29 is 38.0 Å². The molecule has 1 aliphatic heterocycles. The monoisotopic (exact) mass is 444 g/mol. The molecule has 2 atom stereocenters. The SMILES string of the molecule is O=C(O)c1ccc(C(F)(F)F)cc1-c1ccc2c(c1)OC[C@H](Cc1ccccc1O)[C@H]2O. The lowest BCUT2D eigenvalue weighted by molar-refractivity contribution is -0.137. The molecule has 0 saturated carbocycles. The van der Waals surface area contributed by atoms with Gasteiger partial charge in [0.15, 0.2) is 0 Å². The Hall–Kier alpha value is -3.52. The maximum Gasteiger partial charge on any atom is 0.416 e. The zero-order valence-electron chi connectivity index (χ0n) is 16.6. The molecule has 0 fully saturated rings. The fraction of sp³-hybridized carbons (Fsp3) is 0.208. The van der Waals surface area contributed by atoms with Crippen LogP contribution in [0.4, 0.5) is 13.2 Å². The summed E-state index contributed by atoms with van der Waals surface area (Å²) in [4.78, 5) is 11.6. The van der Waals surface area contributed by atoms with E-state index in [2.05, 4.69) is 0 Å². The number of benzene rings is 3. The average Bonchev–Trinajstić information content (AvgIpc) is 2.75. The number of hydrogen-bond donors (Lipinski definition) is 3. The molecular formula is C24H19F3O5. The second-order valence-electron chi connectivity index (χ2n) is 7.66. The molecule has 166 valence electrons. The van der Waals surface area contributed by atoms with Gasteiger partial charge in [-0.15, -0.1) is 0 Å². The van der Waals surface area contributed by atoms with Crippen LogP contribution in [0.2, 0.25) is 0 Å². The summed E-state index contributed by atoms with van der Waals surface area (Å²) in [7, 11) is 0. The maximum absolute atomic E-state index is 13.2. The number of fused-ring (bicyclic) bond motifs is 1. The van der Waals surface area contributed by atoms with Gasteiger partial charge in [0.1, 0.15) is 11.5 Å².